The lowest BCUT2D eigenvalue weighted by Gasteiger charge is -2.45. The Morgan fingerprint density at radius 1 is 1.22 bits per heavy atom. The minimum Gasteiger partial charge on any atom is -1.00 e. The van der Waals surface area contributed by atoms with E-state index in [1.54, 1.807) is 6.92 Å². The third-order valence-corrected chi connectivity index (χ3v) is 4.47. The van der Waals surface area contributed by atoms with Crippen LogP contribution in [0.5, 0.6) is 0 Å². The second kappa shape index (κ2) is 9.43. The van der Waals surface area contributed by atoms with Crippen molar-refractivity contribution in [3.63, 3.8) is 0 Å². The summed E-state index contributed by atoms with van der Waals surface area (Å²) < 4.78 is 0.336. The van der Waals surface area contributed by atoms with Crippen LogP contribution in [0.3, 0.4) is 0 Å². The van der Waals surface area contributed by atoms with Crippen LogP contribution in [0.4, 0.5) is 0 Å². The molecule has 0 aliphatic carbocycles. The van der Waals surface area contributed by atoms with E-state index in [0.717, 1.165) is 11.8 Å². The quantitative estimate of drug-likeness (QED) is 0.216. The number of likely N-dealkylation sites (N-methyl/N-ethyl adjacent to an activating group) is 1. The average Bonchev–Trinajstić information content (AvgIpc) is 2.55. The zero-order valence-corrected chi connectivity index (χ0v) is 14.9. The van der Waals surface area contributed by atoms with E-state index in [9.17, 15) is 9.59 Å². The highest BCUT2D eigenvalue weighted by Gasteiger charge is 2.44. The van der Waals surface area contributed by atoms with Gasteiger partial charge in [-0.1, -0.05) is 43.5 Å². The normalized spacial score (nSPS) is 13.3. The summed E-state index contributed by atoms with van der Waals surface area (Å²) in [5, 5.41) is 0. The van der Waals surface area contributed by atoms with Crippen LogP contribution >= 0.6 is 0 Å². The van der Waals surface area contributed by atoms with Gasteiger partial charge in [0, 0.05) is 5.56 Å². The number of aldehydes is 1. The predicted octanol–water partition coefficient (Wildman–Crippen LogP) is 0.487. The molecule has 0 fully saturated rings. The van der Waals surface area contributed by atoms with E-state index in [1.165, 1.54) is 0 Å². The molecule has 0 aromatic heterocycles. The first kappa shape index (κ1) is 21.3. The van der Waals surface area contributed by atoms with Crippen LogP contribution in [0.2, 0.25) is 0 Å². The van der Waals surface area contributed by atoms with Crippen molar-refractivity contribution in [1.82, 2.24) is 0 Å². The first-order valence-electron chi connectivity index (χ1n) is 7.67. The second-order valence-corrected chi connectivity index (χ2v) is 5.55. The summed E-state index contributed by atoms with van der Waals surface area (Å²) in [6, 6.07) is 9.03. The number of Topliss-reactive ketones (excluding diaryl/α,β-unsaturated/α-hetero) is 1. The van der Waals surface area contributed by atoms with Crippen molar-refractivity contribution < 1.29 is 26.5 Å². The van der Waals surface area contributed by atoms with Crippen molar-refractivity contribution in [3.8, 4) is 0 Å². The Bertz CT molecular complexity index is 550. The number of carbonyl (C=O) groups excluding carboxylic acids is 2. The fraction of sp³-hybridized carbons (Fsp3) is 0.368. The van der Waals surface area contributed by atoms with E-state index < -0.39 is 6.04 Å². The first-order valence-corrected chi connectivity index (χ1v) is 7.67. The molecule has 0 bridgehead atoms. The molecular weight excluding hydrogens is 310 g/mol. The SMILES string of the molecule is C=CC(c1ccccc1)[N+](CC)(CC)C(C=O)C(=O)C(=C)C.[Cl-]. The molecule has 2 atom stereocenters. The maximum absolute atomic E-state index is 12.5. The molecule has 0 amide bonds. The fourth-order valence-electron chi connectivity index (χ4n) is 3.15. The van der Waals surface area contributed by atoms with Gasteiger partial charge in [-0.05, 0) is 32.4 Å². The Morgan fingerprint density at radius 2 is 1.74 bits per heavy atom. The largest absolute Gasteiger partial charge is 1.00 e. The van der Waals surface area contributed by atoms with Gasteiger partial charge in [0.25, 0.3) is 0 Å². The van der Waals surface area contributed by atoms with Gasteiger partial charge in [0.1, 0.15) is 6.04 Å². The molecule has 23 heavy (non-hydrogen) atoms. The second-order valence-electron chi connectivity index (χ2n) is 5.55. The molecule has 126 valence electrons. The van der Waals surface area contributed by atoms with Crippen molar-refractivity contribution >= 4 is 12.1 Å². The van der Waals surface area contributed by atoms with Crippen LogP contribution in [0.1, 0.15) is 32.4 Å². The number of carbonyl (C=O) groups is 2. The maximum atomic E-state index is 12.5. The highest BCUT2D eigenvalue weighted by atomic mass is 35.5. The van der Waals surface area contributed by atoms with Crippen LogP contribution in [0.25, 0.3) is 0 Å². The average molecular weight is 336 g/mol. The molecule has 0 N–H and O–H groups in total. The van der Waals surface area contributed by atoms with E-state index in [-0.39, 0.29) is 24.2 Å². The van der Waals surface area contributed by atoms with Crippen LogP contribution in [-0.4, -0.2) is 35.7 Å². The zero-order chi connectivity index (χ0) is 16.8. The molecule has 1 aromatic rings. The standard InChI is InChI=1S/C19H26NO2.ClH/c1-6-17(16-12-10-9-11-13-16)20(7-2,8-3)18(14-21)19(22)15(4)5;/h6,9-14,17-18H,1,4,7-8H2,2-3,5H3;1H/q+1;/p-1. The summed E-state index contributed by atoms with van der Waals surface area (Å²) in [7, 11) is 0. The number of rotatable bonds is 9. The summed E-state index contributed by atoms with van der Waals surface area (Å²) >= 11 is 0. The van der Waals surface area contributed by atoms with Gasteiger partial charge >= 0.3 is 0 Å². The summed E-state index contributed by atoms with van der Waals surface area (Å²) in [6.07, 6.45) is 2.61. The van der Waals surface area contributed by atoms with Gasteiger partial charge in [-0.25, -0.2) is 0 Å². The maximum Gasteiger partial charge on any atom is 0.222 e. The molecule has 0 aliphatic rings. The molecule has 1 aromatic carbocycles. The summed E-state index contributed by atoms with van der Waals surface area (Å²) in [5.41, 5.74) is 1.47. The number of hydrogen-bond acceptors (Lipinski definition) is 2. The molecule has 2 unspecified atom stereocenters. The molecule has 0 spiro atoms. The van der Waals surface area contributed by atoms with Gasteiger partial charge in [0.05, 0.1) is 13.1 Å². The summed E-state index contributed by atoms with van der Waals surface area (Å²) in [5.74, 6) is -0.193. The summed E-state index contributed by atoms with van der Waals surface area (Å²) in [6.45, 7) is 14.7. The number of quaternary nitrogens is 1. The van der Waals surface area contributed by atoms with Crippen molar-refractivity contribution in [2.24, 2.45) is 0 Å². The van der Waals surface area contributed by atoms with E-state index in [0.29, 0.717) is 23.1 Å². The first-order chi connectivity index (χ1) is 10.5. The molecular formula is C19H26ClNO2. The molecule has 0 saturated carbocycles. The number of halogens is 1. The van der Waals surface area contributed by atoms with E-state index in [2.05, 4.69) is 13.2 Å². The van der Waals surface area contributed by atoms with Gasteiger partial charge in [-0.15, -0.1) is 0 Å². The smallest absolute Gasteiger partial charge is 0.222 e. The minimum absolute atomic E-state index is 0. The Morgan fingerprint density at radius 3 is 2.09 bits per heavy atom. The third-order valence-electron chi connectivity index (χ3n) is 4.47. The van der Waals surface area contributed by atoms with Crippen molar-refractivity contribution in [2.75, 3.05) is 13.1 Å². The van der Waals surface area contributed by atoms with Gasteiger partial charge in [0.15, 0.2) is 6.29 Å². The van der Waals surface area contributed by atoms with Gasteiger partial charge in [-0.3, -0.25) is 14.1 Å². The van der Waals surface area contributed by atoms with Crippen LogP contribution in [-0.2, 0) is 9.59 Å². The van der Waals surface area contributed by atoms with Gasteiger partial charge < -0.3 is 12.4 Å². The highest BCUT2D eigenvalue weighted by molar-refractivity contribution is 6.06. The van der Waals surface area contributed by atoms with Gasteiger partial charge in [0.2, 0.25) is 11.8 Å². The third kappa shape index (κ3) is 4.18. The lowest BCUT2D eigenvalue weighted by atomic mass is 9.95. The lowest BCUT2D eigenvalue weighted by Crippen LogP contribution is -3.00. The van der Waals surface area contributed by atoms with E-state index in [4.69, 9.17) is 0 Å². The Balaban J connectivity index is 0.00000484. The molecule has 0 aliphatic heterocycles. The van der Waals surface area contributed by atoms with Crippen LogP contribution in [0, 0.1) is 0 Å². The summed E-state index contributed by atoms with van der Waals surface area (Å²) in [4.78, 5) is 24.3. The lowest BCUT2D eigenvalue weighted by molar-refractivity contribution is -0.953. The topological polar surface area (TPSA) is 34.1 Å². The molecule has 0 saturated heterocycles. The zero-order valence-electron chi connectivity index (χ0n) is 14.2. The number of benzene rings is 1. The molecule has 4 heteroatoms. The monoisotopic (exact) mass is 335 g/mol. The molecule has 3 nitrogen and oxygen atoms in total. The van der Waals surface area contributed by atoms with Crippen LogP contribution < -0.4 is 12.4 Å². The number of ketones is 1. The minimum atomic E-state index is -0.754. The van der Waals surface area contributed by atoms with Crippen molar-refractivity contribution in [2.45, 2.75) is 32.9 Å². The van der Waals surface area contributed by atoms with E-state index >= 15 is 0 Å². The number of nitrogens with zero attached hydrogens (tertiary/aromatic N) is 1. The van der Waals surface area contributed by atoms with Gasteiger partial charge in [-0.2, -0.15) is 0 Å². The molecule has 0 radical (unpaired) electrons. The van der Waals surface area contributed by atoms with Crippen molar-refractivity contribution in [1.29, 1.82) is 0 Å². The molecule has 1 rings (SSSR count). The van der Waals surface area contributed by atoms with Crippen LogP contribution in [0.15, 0.2) is 55.1 Å². The Labute approximate surface area is 145 Å². The van der Waals surface area contributed by atoms with E-state index in [1.807, 2.05) is 50.3 Å². The predicted molar refractivity (Wildman–Crippen MR) is 90.4 cm³/mol. The van der Waals surface area contributed by atoms with Crippen molar-refractivity contribution in [3.05, 3.63) is 60.7 Å². The fourth-order valence-corrected chi connectivity index (χ4v) is 3.15. The Hall–Kier alpha value is -1.71. The molecule has 0 heterocycles. The highest BCUT2D eigenvalue weighted by Crippen LogP contribution is 2.33. The number of hydrogen-bond donors (Lipinski definition) is 0. The Kier molecular flexibility index (Phi) is 8.73.